The van der Waals surface area contributed by atoms with Gasteiger partial charge in [-0.1, -0.05) is 0 Å². The summed E-state index contributed by atoms with van der Waals surface area (Å²) in [7, 11) is 0. The molecule has 0 radical (unpaired) electrons. The minimum atomic E-state index is -0.980. The van der Waals surface area contributed by atoms with Crippen molar-refractivity contribution < 1.29 is 19.7 Å². The van der Waals surface area contributed by atoms with Gasteiger partial charge in [0.1, 0.15) is 11.5 Å². The highest BCUT2D eigenvalue weighted by Crippen LogP contribution is 2.34. The van der Waals surface area contributed by atoms with Gasteiger partial charge in [0, 0.05) is 11.6 Å². The number of hydrogen-bond acceptors (Lipinski definition) is 6. The molecule has 0 bridgehead atoms. The van der Waals surface area contributed by atoms with E-state index in [1.165, 1.54) is 23.5 Å². The molecule has 8 heteroatoms. The first-order valence-electron chi connectivity index (χ1n) is 9.31. The molecule has 5 rings (SSSR count). The zero-order valence-corrected chi connectivity index (χ0v) is 16.8. The van der Waals surface area contributed by atoms with Gasteiger partial charge in [-0.2, -0.15) is 0 Å². The maximum absolute atomic E-state index is 10.9. The number of fused-ring (bicyclic) bond motifs is 3. The van der Waals surface area contributed by atoms with E-state index in [-0.39, 0.29) is 11.4 Å². The Hall–Kier alpha value is -4.17. The fourth-order valence-corrected chi connectivity index (χ4v) is 4.13. The molecular weight excluding hydrogens is 414 g/mol. The molecule has 0 aliphatic rings. The molecule has 31 heavy (non-hydrogen) atoms. The van der Waals surface area contributed by atoms with E-state index in [0.29, 0.717) is 22.7 Å². The van der Waals surface area contributed by atoms with Gasteiger partial charge in [-0.15, -0.1) is 11.3 Å². The van der Waals surface area contributed by atoms with Gasteiger partial charge in [0.25, 0.3) is 0 Å². The zero-order valence-electron chi connectivity index (χ0n) is 15.9. The molecule has 152 valence electrons. The summed E-state index contributed by atoms with van der Waals surface area (Å²) < 4.78 is 6.73. The second kappa shape index (κ2) is 7.58. The van der Waals surface area contributed by atoms with E-state index in [4.69, 9.17) is 9.84 Å². The van der Waals surface area contributed by atoms with Crippen molar-refractivity contribution in [1.29, 1.82) is 0 Å². The normalized spacial score (nSPS) is 11.5. The number of carbonyl (C=O) groups is 1. The van der Waals surface area contributed by atoms with Crippen LogP contribution in [0, 0.1) is 0 Å². The Labute approximate surface area is 179 Å². The van der Waals surface area contributed by atoms with Crippen LogP contribution in [0.15, 0.2) is 71.2 Å². The molecular formula is C23H15N3O4S. The summed E-state index contributed by atoms with van der Waals surface area (Å²) in [5.74, 6) is 0.220. The summed E-state index contributed by atoms with van der Waals surface area (Å²) in [6, 6.07) is 17.1. The lowest BCUT2D eigenvalue weighted by Gasteiger charge is -2.06. The monoisotopic (exact) mass is 429 g/mol. The number of carboxylic acids is 1. The molecule has 3 N–H and O–H groups in total. The van der Waals surface area contributed by atoms with Gasteiger partial charge in [-0.3, -0.25) is 4.99 Å². The fourth-order valence-electron chi connectivity index (χ4n) is 3.28. The minimum Gasteiger partial charge on any atom is -0.494 e. The van der Waals surface area contributed by atoms with E-state index in [1.807, 2.05) is 12.1 Å². The molecule has 0 spiro atoms. The summed E-state index contributed by atoms with van der Waals surface area (Å²) in [5, 5.41) is 20.2. The first-order chi connectivity index (χ1) is 15.1. The number of carboxylic acid groups (broad SMARTS) is 1. The molecule has 0 saturated carbocycles. The van der Waals surface area contributed by atoms with E-state index >= 15 is 0 Å². The van der Waals surface area contributed by atoms with Crippen LogP contribution in [0.4, 0.5) is 5.69 Å². The molecule has 5 aromatic rings. The molecule has 0 aliphatic heterocycles. The molecule has 0 saturated heterocycles. The van der Waals surface area contributed by atoms with Gasteiger partial charge < -0.3 is 19.9 Å². The highest BCUT2D eigenvalue weighted by molar-refractivity contribution is 7.17. The SMILES string of the molecule is O=C(O)c1ccc(Oc2ccc(N=Cc3c(O)[nH]c4ccc5ncsc5c34)cc2)cc1. The van der Waals surface area contributed by atoms with Gasteiger partial charge in [0.15, 0.2) is 5.88 Å². The smallest absolute Gasteiger partial charge is 0.335 e. The molecule has 0 aliphatic carbocycles. The Morgan fingerprint density at radius 2 is 1.74 bits per heavy atom. The van der Waals surface area contributed by atoms with Crippen LogP contribution < -0.4 is 4.74 Å². The van der Waals surface area contributed by atoms with Crippen LogP contribution in [0.2, 0.25) is 0 Å². The molecule has 0 amide bonds. The van der Waals surface area contributed by atoms with Crippen molar-refractivity contribution in [1.82, 2.24) is 9.97 Å². The van der Waals surface area contributed by atoms with Gasteiger partial charge in [-0.25, -0.2) is 9.78 Å². The standard InChI is InChI=1S/C23H15N3O4S/c27-22-17(20-18(26-22)9-10-19-21(20)31-12-25-19)11-24-14-3-7-16(8-4-14)30-15-5-1-13(2-6-15)23(28)29/h1-12,26-27H,(H,28,29). The first-order valence-corrected chi connectivity index (χ1v) is 10.2. The number of nitrogens with zero attached hydrogens (tertiary/aromatic N) is 2. The van der Waals surface area contributed by atoms with Crippen LogP contribution in [0.3, 0.4) is 0 Å². The van der Waals surface area contributed by atoms with Crippen LogP contribution in [-0.4, -0.2) is 32.4 Å². The van der Waals surface area contributed by atoms with E-state index in [9.17, 15) is 9.90 Å². The summed E-state index contributed by atoms with van der Waals surface area (Å²) in [6.07, 6.45) is 1.63. The number of benzene rings is 3. The number of H-pyrrole nitrogens is 1. The van der Waals surface area contributed by atoms with Crippen LogP contribution in [-0.2, 0) is 0 Å². The number of nitrogens with one attached hydrogen (secondary N) is 1. The number of hydrogen-bond donors (Lipinski definition) is 3. The van der Waals surface area contributed by atoms with E-state index in [1.54, 1.807) is 48.1 Å². The van der Waals surface area contributed by atoms with Crippen molar-refractivity contribution in [3.8, 4) is 17.4 Å². The summed E-state index contributed by atoms with van der Waals surface area (Å²) in [6.45, 7) is 0. The van der Waals surface area contributed by atoms with Gasteiger partial charge in [-0.05, 0) is 60.7 Å². The molecule has 2 heterocycles. The lowest BCUT2D eigenvalue weighted by molar-refractivity contribution is 0.0697. The Morgan fingerprint density at radius 1 is 1.03 bits per heavy atom. The Bertz CT molecular complexity index is 1430. The van der Waals surface area contributed by atoms with Crippen molar-refractivity contribution in [2.75, 3.05) is 0 Å². The van der Waals surface area contributed by atoms with Gasteiger partial charge >= 0.3 is 5.97 Å². The van der Waals surface area contributed by atoms with Crippen molar-refractivity contribution in [3.05, 3.63) is 77.3 Å². The number of rotatable bonds is 5. The van der Waals surface area contributed by atoms with Gasteiger partial charge in [0.2, 0.25) is 0 Å². The third-order valence-electron chi connectivity index (χ3n) is 4.79. The first kappa shape index (κ1) is 18.8. The molecule has 3 aromatic carbocycles. The minimum absolute atomic E-state index is 0.0596. The number of aromatic hydroxyl groups is 1. The van der Waals surface area contributed by atoms with Crippen LogP contribution in [0.25, 0.3) is 21.1 Å². The van der Waals surface area contributed by atoms with E-state index < -0.39 is 5.97 Å². The second-order valence-corrected chi connectivity index (χ2v) is 7.61. The lowest BCUT2D eigenvalue weighted by atomic mass is 10.1. The Morgan fingerprint density at radius 3 is 2.45 bits per heavy atom. The number of thiazole rings is 1. The Balaban J connectivity index is 1.38. The number of aromatic carboxylic acids is 1. The lowest BCUT2D eigenvalue weighted by Crippen LogP contribution is -1.95. The average molecular weight is 429 g/mol. The van der Waals surface area contributed by atoms with Crippen molar-refractivity contribution in [2.24, 2.45) is 4.99 Å². The van der Waals surface area contributed by atoms with E-state index in [0.717, 1.165) is 21.1 Å². The van der Waals surface area contributed by atoms with Crippen LogP contribution in [0.1, 0.15) is 15.9 Å². The Kier molecular flexibility index (Phi) is 4.61. The second-order valence-electron chi connectivity index (χ2n) is 6.76. The van der Waals surface area contributed by atoms with Crippen LogP contribution in [0.5, 0.6) is 17.4 Å². The highest BCUT2D eigenvalue weighted by Gasteiger charge is 2.13. The number of aliphatic imine (C=N–C) groups is 1. The quantitative estimate of drug-likeness (QED) is 0.310. The fraction of sp³-hybridized carbons (Fsp3) is 0. The van der Waals surface area contributed by atoms with Gasteiger partial charge in [0.05, 0.1) is 38.1 Å². The number of aromatic amines is 1. The highest BCUT2D eigenvalue weighted by atomic mass is 32.1. The van der Waals surface area contributed by atoms with Crippen LogP contribution >= 0.6 is 11.3 Å². The number of ether oxygens (including phenoxy) is 1. The summed E-state index contributed by atoms with van der Waals surface area (Å²) in [4.78, 5) is 22.7. The van der Waals surface area contributed by atoms with E-state index in [2.05, 4.69) is 15.0 Å². The average Bonchev–Trinajstić information content (AvgIpc) is 3.37. The third kappa shape index (κ3) is 3.60. The topological polar surface area (TPSA) is 108 Å². The molecule has 0 fully saturated rings. The van der Waals surface area contributed by atoms with Crippen molar-refractivity contribution >= 4 is 50.3 Å². The zero-order chi connectivity index (χ0) is 21.4. The number of aromatic nitrogens is 2. The van der Waals surface area contributed by atoms with Crippen molar-refractivity contribution in [2.45, 2.75) is 0 Å². The summed E-state index contributed by atoms with van der Waals surface area (Å²) in [5.41, 5.74) is 5.00. The molecule has 2 aromatic heterocycles. The molecule has 0 unspecified atom stereocenters. The maximum atomic E-state index is 10.9. The maximum Gasteiger partial charge on any atom is 0.335 e. The predicted molar refractivity (Wildman–Crippen MR) is 120 cm³/mol. The predicted octanol–water partition coefficient (Wildman–Crippen LogP) is 5.72. The molecule has 7 nitrogen and oxygen atoms in total. The van der Waals surface area contributed by atoms with Crippen molar-refractivity contribution in [3.63, 3.8) is 0 Å². The third-order valence-corrected chi connectivity index (χ3v) is 5.65. The largest absolute Gasteiger partial charge is 0.494 e. The summed E-state index contributed by atoms with van der Waals surface area (Å²) >= 11 is 1.52. The molecule has 0 atom stereocenters.